The Morgan fingerprint density at radius 1 is 1.14 bits per heavy atom. The summed E-state index contributed by atoms with van der Waals surface area (Å²) in [5, 5.41) is 6.44. The highest BCUT2D eigenvalue weighted by Gasteiger charge is 2.42. The van der Waals surface area contributed by atoms with Gasteiger partial charge in [-0.25, -0.2) is 0 Å². The van der Waals surface area contributed by atoms with Gasteiger partial charge in [0, 0.05) is 27.7 Å². The van der Waals surface area contributed by atoms with Gasteiger partial charge < -0.3 is 5.32 Å². The smallest absolute Gasteiger partial charge is 0.246 e. The topological polar surface area (TPSA) is 41.1 Å². The van der Waals surface area contributed by atoms with Crippen molar-refractivity contribution < 1.29 is 4.79 Å². The molecule has 1 saturated carbocycles. The van der Waals surface area contributed by atoms with E-state index in [4.69, 9.17) is 0 Å². The van der Waals surface area contributed by atoms with E-state index in [0.29, 0.717) is 12.0 Å². The first-order chi connectivity index (χ1) is 10.2. The van der Waals surface area contributed by atoms with Crippen LogP contribution >= 0.6 is 15.9 Å². The molecular formula is C17H15BrN2O. The van der Waals surface area contributed by atoms with Crippen molar-refractivity contribution in [2.75, 3.05) is 5.32 Å². The lowest BCUT2D eigenvalue weighted by Crippen LogP contribution is -2.29. The van der Waals surface area contributed by atoms with Crippen LogP contribution in [-0.4, -0.2) is 11.9 Å². The number of amides is 1. The number of nitrogens with one attached hydrogen (secondary N) is 2. The monoisotopic (exact) mass is 342 g/mol. The average molecular weight is 343 g/mol. The molecule has 0 aromatic heterocycles. The van der Waals surface area contributed by atoms with Crippen LogP contribution in [0.4, 0.5) is 5.69 Å². The quantitative estimate of drug-likeness (QED) is 0.894. The Bertz CT molecular complexity index is 701. The number of anilines is 1. The summed E-state index contributed by atoms with van der Waals surface area (Å²) in [6.07, 6.45) is 1.09. The van der Waals surface area contributed by atoms with Gasteiger partial charge in [0.15, 0.2) is 0 Å². The second-order valence-corrected chi connectivity index (χ2v) is 6.60. The molecule has 2 aromatic rings. The third kappa shape index (κ3) is 2.39. The van der Waals surface area contributed by atoms with Gasteiger partial charge in [0.1, 0.15) is 6.04 Å². The maximum Gasteiger partial charge on any atom is 0.246 e. The molecule has 0 radical (unpaired) electrons. The zero-order valence-corrected chi connectivity index (χ0v) is 12.9. The highest BCUT2D eigenvalue weighted by molar-refractivity contribution is 9.10. The molecule has 2 N–H and O–H groups in total. The van der Waals surface area contributed by atoms with E-state index < -0.39 is 0 Å². The number of rotatable bonds is 3. The van der Waals surface area contributed by atoms with E-state index in [2.05, 4.69) is 50.8 Å². The standard InChI is InChI=1S/C17H15BrN2O/c18-11-6-7-14-13(8-11)16(17(21)20-14)19-15-9-12(15)10-4-2-1-3-5-10/h1-8,12,15-16,19H,9H2,(H,20,21). The molecule has 1 aliphatic carbocycles. The molecule has 1 amide bonds. The first-order valence-electron chi connectivity index (χ1n) is 7.14. The number of carbonyl (C=O) groups excluding carboxylic acids is 1. The maximum atomic E-state index is 12.2. The molecule has 3 atom stereocenters. The fourth-order valence-electron chi connectivity index (χ4n) is 3.06. The first kappa shape index (κ1) is 13.0. The third-order valence-corrected chi connectivity index (χ3v) is 4.74. The van der Waals surface area contributed by atoms with Gasteiger partial charge in [0.2, 0.25) is 5.91 Å². The van der Waals surface area contributed by atoms with E-state index in [1.54, 1.807) is 0 Å². The molecule has 2 aromatic carbocycles. The fourth-order valence-corrected chi connectivity index (χ4v) is 3.44. The van der Waals surface area contributed by atoms with Crippen molar-refractivity contribution in [3.8, 4) is 0 Å². The highest BCUT2D eigenvalue weighted by atomic mass is 79.9. The lowest BCUT2D eigenvalue weighted by molar-refractivity contribution is -0.117. The highest BCUT2D eigenvalue weighted by Crippen LogP contribution is 2.43. The molecule has 0 bridgehead atoms. The molecule has 21 heavy (non-hydrogen) atoms. The second-order valence-electron chi connectivity index (χ2n) is 5.68. The Morgan fingerprint density at radius 3 is 2.76 bits per heavy atom. The number of hydrogen-bond donors (Lipinski definition) is 2. The number of carbonyl (C=O) groups is 1. The van der Waals surface area contributed by atoms with Crippen molar-refractivity contribution in [1.29, 1.82) is 0 Å². The van der Waals surface area contributed by atoms with Crippen molar-refractivity contribution >= 4 is 27.5 Å². The third-order valence-electron chi connectivity index (χ3n) is 4.24. The zero-order chi connectivity index (χ0) is 14.4. The van der Waals surface area contributed by atoms with E-state index in [0.717, 1.165) is 22.1 Å². The van der Waals surface area contributed by atoms with Crippen LogP contribution in [0.2, 0.25) is 0 Å². The lowest BCUT2D eigenvalue weighted by atomic mass is 10.1. The summed E-state index contributed by atoms with van der Waals surface area (Å²) in [6, 6.07) is 16.5. The van der Waals surface area contributed by atoms with E-state index >= 15 is 0 Å². The SMILES string of the molecule is O=C1Nc2ccc(Br)cc2C1NC1CC1c1ccccc1. The van der Waals surface area contributed by atoms with Crippen LogP contribution in [-0.2, 0) is 4.79 Å². The van der Waals surface area contributed by atoms with Gasteiger partial charge in [-0.15, -0.1) is 0 Å². The fraction of sp³-hybridized carbons (Fsp3) is 0.235. The van der Waals surface area contributed by atoms with Crippen molar-refractivity contribution in [3.05, 3.63) is 64.1 Å². The van der Waals surface area contributed by atoms with Crippen LogP contribution in [0.3, 0.4) is 0 Å². The lowest BCUT2D eigenvalue weighted by Gasteiger charge is -2.11. The number of halogens is 1. The number of hydrogen-bond acceptors (Lipinski definition) is 2. The maximum absolute atomic E-state index is 12.2. The van der Waals surface area contributed by atoms with Crippen LogP contribution in [0, 0.1) is 0 Å². The predicted octanol–water partition coefficient (Wildman–Crippen LogP) is 3.59. The number of benzene rings is 2. The van der Waals surface area contributed by atoms with Gasteiger partial charge in [0.05, 0.1) is 0 Å². The van der Waals surface area contributed by atoms with E-state index in [9.17, 15) is 4.79 Å². The molecule has 2 aliphatic rings. The van der Waals surface area contributed by atoms with Gasteiger partial charge in [-0.2, -0.15) is 0 Å². The summed E-state index contributed by atoms with van der Waals surface area (Å²) in [4.78, 5) is 12.2. The molecular weight excluding hydrogens is 328 g/mol. The van der Waals surface area contributed by atoms with E-state index in [-0.39, 0.29) is 11.9 Å². The van der Waals surface area contributed by atoms with Crippen molar-refractivity contribution in [2.24, 2.45) is 0 Å². The van der Waals surface area contributed by atoms with Crippen LogP contribution in [0.5, 0.6) is 0 Å². The molecule has 4 rings (SSSR count). The molecule has 1 heterocycles. The van der Waals surface area contributed by atoms with Crippen molar-refractivity contribution in [3.63, 3.8) is 0 Å². The summed E-state index contributed by atoms with van der Waals surface area (Å²) >= 11 is 3.48. The van der Waals surface area contributed by atoms with Gasteiger partial charge in [-0.1, -0.05) is 46.3 Å². The Labute approximate surface area is 131 Å². The molecule has 0 spiro atoms. The largest absolute Gasteiger partial charge is 0.324 e. The summed E-state index contributed by atoms with van der Waals surface area (Å²) in [5.41, 5.74) is 3.30. The summed E-state index contributed by atoms with van der Waals surface area (Å²) < 4.78 is 1.000. The molecule has 3 unspecified atom stereocenters. The molecule has 1 fully saturated rings. The van der Waals surface area contributed by atoms with Crippen LogP contribution in [0.15, 0.2) is 53.0 Å². The minimum absolute atomic E-state index is 0.0433. The van der Waals surface area contributed by atoms with E-state index in [1.165, 1.54) is 5.56 Å². The summed E-state index contributed by atoms with van der Waals surface area (Å²) in [6.45, 7) is 0. The molecule has 106 valence electrons. The van der Waals surface area contributed by atoms with Crippen molar-refractivity contribution in [2.45, 2.75) is 24.4 Å². The Balaban J connectivity index is 1.52. The minimum atomic E-state index is -0.240. The first-order valence-corrected chi connectivity index (χ1v) is 7.93. The van der Waals surface area contributed by atoms with Gasteiger partial charge in [-0.3, -0.25) is 10.1 Å². The minimum Gasteiger partial charge on any atom is -0.324 e. The molecule has 4 heteroatoms. The Kier molecular flexibility index (Phi) is 3.08. The van der Waals surface area contributed by atoms with Gasteiger partial charge in [-0.05, 0) is 30.2 Å². The normalized spacial score (nSPS) is 26.3. The van der Waals surface area contributed by atoms with E-state index in [1.807, 2.05) is 24.3 Å². The number of fused-ring (bicyclic) bond motifs is 1. The van der Waals surface area contributed by atoms with Crippen molar-refractivity contribution in [1.82, 2.24) is 5.32 Å². The van der Waals surface area contributed by atoms with Crippen LogP contribution < -0.4 is 10.6 Å². The molecule has 3 nitrogen and oxygen atoms in total. The Morgan fingerprint density at radius 2 is 1.95 bits per heavy atom. The van der Waals surface area contributed by atoms with Gasteiger partial charge in [0.25, 0.3) is 0 Å². The van der Waals surface area contributed by atoms with Crippen LogP contribution in [0.1, 0.15) is 29.5 Å². The summed E-state index contributed by atoms with van der Waals surface area (Å²) in [5.74, 6) is 0.567. The Hall–Kier alpha value is -1.65. The van der Waals surface area contributed by atoms with Crippen LogP contribution in [0.25, 0.3) is 0 Å². The molecule has 0 saturated heterocycles. The average Bonchev–Trinajstić information content (AvgIpc) is 3.20. The van der Waals surface area contributed by atoms with Gasteiger partial charge >= 0.3 is 0 Å². The predicted molar refractivity (Wildman–Crippen MR) is 86.2 cm³/mol. The summed E-state index contributed by atoms with van der Waals surface area (Å²) in [7, 11) is 0. The molecule has 1 aliphatic heterocycles. The second kappa shape index (κ2) is 4.97. The zero-order valence-electron chi connectivity index (χ0n) is 11.3.